The van der Waals surface area contributed by atoms with Crippen LogP contribution >= 0.6 is 11.3 Å². The summed E-state index contributed by atoms with van der Waals surface area (Å²) < 4.78 is 16.9. The van der Waals surface area contributed by atoms with Crippen LogP contribution in [0.5, 0.6) is 0 Å². The van der Waals surface area contributed by atoms with Crippen LogP contribution in [0.15, 0.2) is 55.1 Å². The molecular formula is C22H21FN4OS. The molecule has 29 heavy (non-hydrogen) atoms. The highest BCUT2D eigenvalue weighted by Crippen LogP contribution is 2.31. The first-order valence-electron chi connectivity index (χ1n) is 9.42. The number of hydrogen-bond donors (Lipinski definition) is 0. The average molecular weight is 409 g/mol. The Morgan fingerprint density at radius 3 is 2.69 bits per heavy atom. The number of halogens is 1. The van der Waals surface area contributed by atoms with E-state index in [0.717, 1.165) is 28.8 Å². The van der Waals surface area contributed by atoms with E-state index in [1.54, 1.807) is 23.5 Å². The summed E-state index contributed by atoms with van der Waals surface area (Å²) in [4.78, 5) is 23.5. The molecule has 148 valence electrons. The monoisotopic (exact) mass is 408 g/mol. The summed E-state index contributed by atoms with van der Waals surface area (Å²) >= 11 is 1.33. The highest BCUT2D eigenvalue weighted by atomic mass is 32.1. The number of benzene rings is 2. The molecule has 5 nitrogen and oxygen atoms in total. The van der Waals surface area contributed by atoms with Crippen molar-refractivity contribution in [2.45, 2.75) is 26.8 Å². The number of imidazole rings is 1. The minimum absolute atomic E-state index is 0.123. The van der Waals surface area contributed by atoms with Crippen molar-refractivity contribution in [3.63, 3.8) is 0 Å². The fourth-order valence-electron chi connectivity index (χ4n) is 3.39. The lowest BCUT2D eigenvalue weighted by Crippen LogP contribution is -2.32. The van der Waals surface area contributed by atoms with Gasteiger partial charge in [0.05, 0.1) is 11.0 Å². The number of aryl methyl sites for hydroxylation is 3. The van der Waals surface area contributed by atoms with Gasteiger partial charge in [0.15, 0.2) is 5.13 Å². The summed E-state index contributed by atoms with van der Waals surface area (Å²) in [7, 11) is 0. The van der Waals surface area contributed by atoms with E-state index in [1.807, 2.05) is 48.9 Å². The van der Waals surface area contributed by atoms with Crippen LogP contribution in [0.25, 0.3) is 10.2 Å². The van der Waals surface area contributed by atoms with E-state index in [4.69, 9.17) is 0 Å². The molecule has 0 spiro atoms. The topological polar surface area (TPSA) is 51.0 Å². The number of rotatable bonds is 6. The number of nitrogens with zero attached hydrogens (tertiary/aromatic N) is 4. The molecule has 0 atom stereocenters. The Morgan fingerprint density at radius 1 is 1.21 bits per heavy atom. The molecule has 0 N–H and O–H groups in total. The quantitative estimate of drug-likeness (QED) is 0.452. The van der Waals surface area contributed by atoms with Crippen LogP contribution in [0.1, 0.15) is 27.9 Å². The van der Waals surface area contributed by atoms with Crippen molar-refractivity contribution < 1.29 is 9.18 Å². The third-order valence-corrected chi connectivity index (χ3v) is 5.70. The molecule has 0 radical (unpaired) electrons. The molecule has 7 heteroatoms. The molecule has 0 fully saturated rings. The molecule has 0 aliphatic carbocycles. The molecular weight excluding hydrogens is 387 g/mol. The SMILES string of the molecule is Cc1cc(C)cc(C(=O)N(CCCn2ccnc2)c2nc3c(F)cccc3s2)c1. The molecule has 0 saturated carbocycles. The molecule has 0 unspecified atom stereocenters. The zero-order valence-corrected chi connectivity index (χ0v) is 17.1. The molecule has 0 bridgehead atoms. The predicted octanol–water partition coefficient (Wildman–Crippen LogP) is 4.99. The molecule has 0 aliphatic heterocycles. The van der Waals surface area contributed by atoms with Crippen LogP contribution in [-0.4, -0.2) is 27.0 Å². The predicted molar refractivity (Wildman–Crippen MR) is 114 cm³/mol. The van der Waals surface area contributed by atoms with Gasteiger partial charge in [-0.1, -0.05) is 34.6 Å². The van der Waals surface area contributed by atoms with Crippen LogP contribution in [0.2, 0.25) is 0 Å². The third kappa shape index (κ3) is 4.19. The van der Waals surface area contributed by atoms with Gasteiger partial charge < -0.3 is 4.57 Å². The number of carbonyl (C=O) groups excluding carboxylic acids is 1. The van der Waals surface area contributed by atoms with E-state index in [9.17, 15) is 9.18 Å². The van der Waals surface area contributed by atoms with Gasteiger partial charge in [-0.05, 0) is 44.5 Å². The number of thiazole rings is 1. The molecule has 4 aromatic rings. The van der Waals surface area contributed by atoms with Crippen LogP contribution < -0.4 is 4.90 Å². The Bertz CT molecular complexity index is 1130. The molecule has 2 aromatic carbocycles. The van der Waals surface area contributed by atoms with Gasteiger partial charge in [0.1, 0.15) is 11.3 Å². The van der Waals surface area contributed by atoms with E-state index in [2.05, 4.69) is 9.97 Å². The number of carbonyl (C=O) groups is 1. The Kier molecular flexibility index (Phi) is 5.40. The Morgan fingerprint density at radius 2 is 2.00 bits per heavy atom. The summed E-state index contributed by atoms with van der Waals surface area (Å²) in [6.45, 7) is 5.15. The fraction of sp³-hybridized carbons (Fsp3) is 0.227. The van der Waals surface area contributed by atoms with E-state index in [0.29, 0.717) is 22.8 Å². The summed E-state index contributed by atoms with van der Waals surface area (Å²) in [6, 6.07) is 10.7. The van der Waals surface area contributed by atoms with Crippen molar-refractivity contribution in [3.05, 3.63) is 77.6 Å². The van der Waals surface area contributed by atoms with Crippen LogP contribution in [-0.2, 0) is 6.54 Å². The normalized spacial score (nSPS) is 11.1. The first-order chi connectivity index (χ1) is 14.0. The van der Waals surface area contributed by atoms with Crippen molar-refractivity contribution in [1.29, 1.82) is 0 Å². The van der Waals surface area contributed by atoms with Gasteiger partial charge in [0.2, 0.25) is 0 Å². The summed E-state index contributed by atoms with van der Waals surface area (Å²) in [5.41, 5.74) is 2.98. The number of hydrogen-bond acceptors (Lipinski definition) is 4. The highest BCUT2D eigenvalue weighted by molar-refractivity contribution is 7.22. The van der Waals surface area contributed by atoms with E-state index >= 15 is 0 Å². The second-order valence-electron chi connectivity index (χ2n) is 7.07. The second-order valence-corrected chi connectivity index (χ2v) is 8.08. The van der Waals surface area contributed by atoms with E-state index in [-0.39, 0.29) is 11.7 Å². The van der Waals surface area contributed by atoms with Gasteiger partial charge in [0, 0.05) is 31.0 Å². The maximum atomic E-state index is 14.2. The van der Waals surface area contributed by atoms with Gasteiger partial charge in [0.25, 0.3) is 5.91 Å². The summed E-state index contributed by atoms with van der Waals surface area (Å²) in [5.74, 6) is -0.496. The highest BCUT2D eigenvalue weighted by Gasteiger charge is 2.22. The van der Waals surface area contributed by atoms with Crippen molar-refractivity contribution in [2.24, 2.45) is 0 Å². The maximum absolute atomic E-state index is 14.2. The molecule has 0 saturated heterocycles. The average Bonchev–Trinajstić information content (AvgIpc) is 3.34. The van der Waals surface area contributed by atoms with E-state index in [1.165, 1.54) is 17.4 Å². The van der Waals surface area contributed by atoms with Gasteiger partial charge in [-0.2, -0.15) is 0 Å². The standard InChI is InChI=1S/C22H21FN4OS/c1-15-11-16(2)13-17(12-15)21(28)27(9-4-8-26-10-7-24-14-26)22-25-20-18(23)5-3-6-19(20)29-22/h3,5-7,10-14H,4,8-9H2,1-2H3. The largest absolute Gasteiger partial charge is 0.337 e. The van der Waals surface area contributed by atoms with Crippen LogP contribution in [0.3, 0.4) is 0 Å². The Balaban J connectivity index is 1.67. The number of para-hydroxylation sites is 1. The third-order valence-electron chi connectivity index (χ3n) is 4.66. The van der Waals surface area contributed by atoms with Crippen LogP contribution in [0, 0.1) is 19.7 Å². The maximum Gasteiger partial charge on any atom is 0.260 e. The van der Waals surface area contributed by atoms with Crippen molar-refractivity contribution in [1.82, 2.24) is 14.5 Å². The smallest absolute Gasteiger partial charge is 0.260 e. The molecule has 2 aromatic heterocycles. The number of aromatic nitrogens is 3. The fourth-order valence-corrected chi connectivity index (χ4v) is 4.39. The number of fused-ring (bicyclic) bond motifs is 1. The Labute approximate surface area is 172 Å². The molecule has 2 heterocycles. The minimum Gasteiger partial charge on any atom is -0.337 e. The number of amides is 1. The molecule has 1 amide bonds. The minimum atomic E-state index is -0.373. The zero-order valence-electron chi connectivity index (χ0n) is 16.3. The van der Waals surface area contributed by atoms with Gasteiger partial charge in [-0.15, -0.1) is 0 Å². The number of anilines is 1. The lowest BCUT2D eigenvalue weighted by atomic mass is 10.1. The first kappa shape index (κ1) is 19.3. The summed E-state index contributed by atoms with van der Waals surface area (Å²) in [5, 5.41) is 0.514. The second kappa shape index (κ2) is 8.13. The first-order valence-corrected chi connectivity index (χ1v) is 10.2. The summed E-state index contributed by atoms with van der Waals surface area (Å²) in [6.07, 6.45) is 6.10. The zero-order chi connectivity index (χ0) is 20.4. The Hall–Kier alpha value is -3.06. The van der Waals surface area contributed by atoms with Crippen molar-refractivity contribution in [2.75, 3.05) is 11.4 Å². The van der Waals surface area contributed by atoms with Gasteiger partial charge in [-0.25, -0.2) is 14.4 Å². The molecule has 0 aliphatic rings. The van der Waals surface area contributed by atoms with Gasteiger partial charge in [-0.3, -0.25) is 9.69 Å². The van der Waals surface area contributed by atoms with Crippen LogP contribution in [0.4, 0.5) is 9.52 Å². The van der Waals surface area contributed by atoms with Crippen molar-refractivity contribution >= 4 is 32.6 Å². The van der Waals surface area contributed by atoms with Gasteiger partial charge >= 0.3 is 0 Å². The lowest BCUT2D eigenvalue weighted by molar-refractivity contribution is 0.0986. The molecule has 4 rings (SSSR count). The van der Waals surface area contributed by atoms with E-state index < -0.39 is 0 Å². The lowest BCUT2D eigenvalue weighted by Gasteiger charge is -2.20. The van der Waals surface area contributed by atoms with Crippen molar-refractivity contribution in [3.8, 4) is 0 Å².